The number of anilines is 1. The molecule has 1 aromatic heterocycles. The molecule has 2 saturated heterocycles. The fraction of sp³-hybridized carbons (Fsp3) is 0.286. The third-order valence-corrected chi connectivity index (χ3v) is 8.22. The molecule has 1 unspecified atom stereocenters. The molecule has 0 bridgehead atoms. The van der Waals surface area contributed by atoms with Crippen LogP contribution in [0.5, 0.6) is 0 Å². The van der Waals surface area contributed by atoms with Crippen molar-refractivity contribution in [2.45, 2.75) is 24.8 Å². The smallest absolute Gasteiger partial charge is 0.543 e. The maximum absolute atomic E-state index is 13.0. The maximum Gasteiger partial charge on any atom is 1.00 e. The number of aliphatic carboxylic acids is 1. The van der Waals surface area contributed by atoms with Gasteiger partial charge in [-0.3, -0.25) is 24.3 Å². The van der Waals surface area contributed by atoms with Crippen molar-refractivity contribution in [1.82, 2.24) is 25.1 Å². The topological polar surface area (TPSA) is 194 Å². The summed E-state index contributed by atoms with van der Waals surface area (Å²) < 4.78 is 4.90. The van der Waals surface area contributed by atoms with Crippen LogP contribution in [0.2, 0.25) is 0 Å². The molecule has 15 nitrogen and oxygen atoms in total. The summed E-state index contributed by atoms with van der Waals surface area (Å²) in [4.78, 5) is 80.6. The Morgan fingerprint density at radius 3 is 2.64 bits per heavy atom. The third-order valence-electron chi connectivity index (χ3n) is 6.88. The quantitative estimate of drug-likeness (QED) is 0.122. The van der Waals surface area contributed by atoms with Crippen LogP contribution in [0, 0.1) is 0 Å². The number of rotatable bonds is 9. The molecule has 3 aliphatic heterocycles. The molecule has 0 saturated carbocycles. The summed E-state index contributed by atoms with van der Waals surface area (Å²) in [6.45, 7) is 1.19. The Bertz CT molecular complexity index is 1590. The van der Waals surface area contributed by atoms with Crippen molar-refractivity contribution in [3.63, 3.8) is 0 Å². The van der Waals surface area contributed by atoms with E-state index in [4.69, 9.17) is 4.74 Å². The van der Waals surface area contributed by atoms with Gasteiger partial charge in [0.25, 0.3) is 5.91 Å². The van der Waals surface area contributed by atoms with Crippen LogP contribution in [0.15, 0.2) is 65.2 Å². The number of carboxylic acids is 1. The second kappa shape index (κ2) is 14.7. The van der Waals surface area contributed by atoms with Gasteiger partial charge in [-0.15, -0.1) is 11.8 Å². The molecule has 5 rings (SSSR count). The van der Waals surface area contributed by atoms with Crippen molar-refractivity contribution in [3.05, 3.63) is 71.2 Å². The summed E-state index contributed by atoms with van der Waals surface area (Å²) in [6, 6.07) is 7.72. The molecule has 6 amide bonds. The number of carboxylic acid groups (broad SMARTS) is 1. The first-order valence-electron chi connectivity index (χ1n) is 13.4. The Labute approximate surface area is 283 Å². The molecular weight excluding hydrogens is 617 g/mol. The number of para-hydroxylation sites is 1. The second-order valence-electron chi connectivity index (χ2n) is 9.83. The number of fused-ring (bicyclic) bond motifs is 1. The number of carbonyl (C=O) groups is 6. The van der Waals surface area contributed by atoms with Gasteiger partial charge in [-0.2, -0.15) is 5.10 Å². The Kier molecular flexibility index (Phi) is 11.0. The van der Waals surface area contributed by atoms with Crippen molar-refractivity contribution < 1.29 is 68.2 Å². The van der Waals surface area contributed by atoms with E-state index in [1.54, 1.807) is 48.8 Å². The predicted molar refractivity (Wildman–Crippen MR) is 153 cm³/mol. The van der Waals surface area contributed by atoms with E-state index in [1.165, 1.54) is 24.9 Å². The van der Waals surface area contributed by atoms with Gasteiger partial charge in [0.1, 0.15) is 18.0 Å². The number of imide groups is 1. The van der Waals surface area contributed by atoms with E-state index in [-0.39, 0.29) is 72.7 Å². The minimum absolute atomic E-state index is 0. The average molecular weight is 644 g/mol. The summed E-state index contributed by atoms with van der Waals surface area (Å²) in [5.41, 5.74) is 1.27. The van der Waals surface area contributed by atoms with Gasteiger partial charge < -0.3 is 25.3 Å². The molecular formula is C28H26N7NaO8S. The molecule has 2 N–H and O–H groups in total. The van der Waals surface area contributed by atoms with Crippen molar-refractivity contribution in [3.8, 4) is 0 Å². The number of hydrogen-bond acceptors (Lipinski definition) is 11. The van der Waals surface area contributed by atoms with E-state index >= 15 is 0 Å². The molecule has 1 aromatic carbocycles. The standard InChI is InChI=1S/C28H27N7O8S.Na/c1-16(36)43-14-19-15-44-25-22(24(38)35(25)23(19)26(39)40)32-21(37)11-18-6-2-3-7-20(18)31-27(41)33-9-10-34(28(33)42)30-13-17-5-4-8-29-12-17;/h2-8,12-13,22,25H,9-11,14-15H2,1H3,(H,31,41)(H,32,37)(H,39,40);/q;+1/p-1/b30-13+;/t22?,25-;/m1./s1. The monoisotopic (exact) mass is 643 g/mol. The van der Waals surface area contributed by atoms with Gasteiger partial charge >= 0.3 is 47.6 Å². The van der Waals surface area contributed by atoms with E-state index < -0.39 is 47.2 Å². The van der Waals surface area contributed by atoms with Gasteiger partial charge in [0, 0.05) is 41.9 Å². The minimum Gasteiger partial charge on any atom is -0.543 e. The molecule has 228 valence electrons. The van der Waals surface area contributed by atoms with E-state index in [9.17, 15) is 33.9 Å². The van der Waals surface area contributed by atoms with Gasteiger partial charge in [-0.25, -0.2) is 19.5 Å². The first kappa shape index (κ1) is 33.6. The zero-order chi connectivity index (χ0) is 31.4. The number of amides is 6. The Morgan fingerprint density at radius 1 is 1.16 bits per heavy atom. The second-order valence-corrected chi connectivity index (χ2v) is 10.9. The summed E-state index contributed by atoms with van der Waals surface area (Å²) in [5, 5.41) is 21.7. The first-order chi connectivity index (χ1) is 21.1. The number of hydrazone groups is 1. The molecule has 17 heteroatoms. The zero-order valence-electron chi connectivity index (χ0n) is 24.3. The Hall–Kier alpha value is -4.25. The fourth-order valence-corrected chi connectivity index (χ4v) is 6.08. The number of ether oxygens (including phenoxy) is 1. The van der Waals surface area contributed by atoms with Crippen LogP contribution in [0.25, 0.3) is 0 Å². The van der Waals surface area contributed by atoms with Gasteiger partial charge in [0.05, 0.1) is 37.4 Å². The Morgan fingerprint density at radius 2 is 1.93 bits per heavy atom. The van der Waals surface area contributed by atoms with Gasteiger partial charge in [0.2, 0.25) is 5.91 Å². The number of esters is 1. The van der Waals surface area contributed by atoms with Crippen molar-refractivity contribution in [2.24, 2.45) is 5.10 Å². The van der Waals surface area contributed by atoms with Crippen LogP contribution in [-0.2, 0) is 30.3 Å². The molecule has 0 spiro atoms. The number of aromatic nitrogens is 1. The third kappa shape index (κ3) is 7.53. The van der Waals surface area contributed by atoms with Crippen LogP contribution >= 0.6 is 11.8 Å². The van der Waals surface area contributed by atoms with Crippen LogP contribution in [0.1, 0.15) is 18.1 Å². The van der Waals surface area contributed by atoms with E-state index in [1.807, 2.05) is 0 Å². The molecule has 0 radical (unpaired) electrons. The van der Waals surface area contributed by atoms with Gasteiger partial charge in [-0.1, -0.05) is 24.3 Å². The van der Waals surface area contributed by atoms with Crippen LogP contribution in [0.3, 0.4) is 0 Å². The molecule has 2 atom stereocenters. The Balaban J connectivity index is 0.00000461. The van der Waals surface area contributed by atoms with Crippen LogP contribution in [0.4, 0.5) is 15.3 Å². The van der Waals surface area contributed by atoms with E-state index in [0.717, 1.165) is 14.8 Å². The molecule has 45 heavy (non-hydrogen) atoms. The molecule has 3 aliphatic rings. The van der Waals surface area contributed by atoms with E-state index in [0.29, 0.717) is 16.8 Å². The number of carbonyl (C=O) groups excluding carboxylic acids is 6. The van der Waals surface area contributed by atoms with Crippen molar-refractivity contribution >= 4 is 59.5 Å². The fourth-order valence-electron chi connectivity index (χ4n) is 4.76. The number of β-lactam (4-membered cyclic amide) rings is 1. The summed E-state index contributed by atoms with van der Waals surface area (Å²) in [7, 11) is 0. The SMILES string of the molecule is CC(=O)OCC1=C(C(=O)[O-])N2C(=O)C(NC(=O)Cc3ccccc3NC(=O)N3CCN(/N=C/c4cccnc4)C3=O)[C@H]2SC1.[Na+]. The number of hydrogen-bond donors (Lipinski definition) is 2. The number of nitrogens with zero attached hydrogens (tertiary/aromatic N) is 5. The van der Waals surface area contributed by atoms with Crippen molar-refractivity contribution in [1.29, 1.82) is 0 Å². The van der Waals surface area contributed by atoms with Crippen LogP contribution < -0.4 is 45.3 Å². The van der Waals surface area contributed by atoms with E-state index in [2.05, 4.69) is 20.7 Å². The summed E-state index contributed by atoms with van der Waals surface area (Å²) in [6.07, 6.45) is 4.45. The zero-order valence-corrected chi connectivity index (χ0v) is 27.1. The predicted octanol–water partition coefficient (Wildman–Crippen LogP) is -3.10. The molecule has 4 heterocycles. The van der Waals surface area contributed by atoms with Crippen molar-refractivity contribution in [2.75, 3.05) is 30.8 Å². The normalized spacial score (nSPS) is 19.1. The molecule has 0 aliphatic carbocycles. The number of benzene rings is 1. The van der Waals surface area contributed by atoms with Crippen LogP contribution in [-0.4, -0.2) is 98.7 Å². The number of thioether (sulfide) groups is 1. The average Bonchev–Trinajstić information content (AvgIpc) is 3.38. The molecule has 2 aromatic rings. The maximum atomic E-state index is 13.0. The number of pyridine rings is 1. The molecule has 2 fully saturated rings. The van der Waals surface area contributed by atoms with Gasteiger partial charge in [0.15, 0.2) is 0 Å². The number of urea groups is 2. The first-order valence-corrected chi connectivity index (χ1v) is 14.4. The summed E-state index contributed by atoms with van der Waals surface area (Å²) >= 11 is 1.22. The van der Waals surface area contributed by atoms with Gasteiger partial charge in [-0.05, 0) is 17.7 Å². The summed E-state index contributed by atoms with van der Waals surface area (Å²) in [5.74, 6) is -3.20. The largest absolute Gasteiger partial charge is 1.00 e. The minimum atomic E-state index is -1.58. The number of nitrogens with one attached hydrogen (secondary N) is 2.